The number of rotatable bonds is 3. The van der Waals surface area contributed by atoms with Crippen molar-refractivity contribution in [2.45, 2.75) is 65.0 Å². The number of hydrogen-bond acceptors (Lipinski definition) is 2. The van der Waals surface area contributed by atoms with Crippen LogP contribution in [0.4, 0.5) is 0 Å². The normalized spacial score (nSPS) is 27.2. The van der Waals surface area contributed by atoms with Gasteiger partial charge in [0.15, 0.2) is 0 Å². The zero-order valence-corrected chi connectivity index (χ0v) is 13.7. The van der Waals surface area contributed by atoms with Gasteiger partial charge < -0.3 is 11.1 Å². The average molecular weight is 288 g/mol. The maximum atomic E-state index is 12.6. The van der Waals surface area contributed by atoms with Gasteiger partial charge in [-0.1, -0.05) is 36.6 Å². The Bertz CT molecular complexity index is 522. The Hall–Kier alpha value is -1.35. The lowest BCUT2D eigenvalue weighted by atomic mass is 9.74. The zero-order valence-electron chi connectivity index (χ0n) is 13.7. The molecule has 1 saturated carbocycles. The van der Waals surface area contributed by atoms with Crippen LogP contribution in [-0.4, -0.2) is 11.4 Å². The van der Waals surface area contributed by atoms with Crippen LogP contribution in [0.25, 0.3) is 0 Å². The van der Waals surface area contributed by atoms with Gasteiger partial charge in [0.05, 0.1) is 12.0 Å². The summed E-state index contributed by atoms with van der Waals surface area (Å²) in [7, 11) is 0. The third-order valence-corrected chi connectivity index (χ3v) is 4.82. The number of benzene rings is 1. The molecule has 0 spiro atoms. The molecule has 0 radical (unpaired) electrons. The third-order valence-electron chi connectivity index (χ3n) is 4.82. The molecule has 3 atom stereocenters. The standard InChI is InChI=1S/C18H28N2O/c1-12-8-9-15(13(2)11-12)14(3)20-17(21)16-7-5-6-10-18(16,4)19/h8-9,11,14,16H,5-7,10,19H2,1-4H3,(H,20,21). The molecule has 0 aromatic heterocycles. The summed E-state index contributed by atoms with van der Waals surface area (Å²) in [4.78, 5) is 12.6. The molecule has 1 aliphatic carbocycles. The molecule has 0 bridgehead atoms. The van der Waals surface area contributed by atoms with Crippen LogP contribution >= 0.6 is 0 Å². The minimum absolute atomic E-state index is 0.0239. The van der Waals surface area contributed by atoms with Crippen LogP contribution in [0.1, 0.15) is 62.3 Å². The molecule has 3 unspecified atom stereocenters. The summed E-state index contributed by atoms with van der Waals surface area (Å²) < 4.78 is 0. The Morgan fingerprint density at radius 3 is 2.71 bits per heavy atom. The van der Waals surface area contributed by atoms with Crippen molar-refractivity contribution in [1.82, 2.24) is 5.32 Å². The van der Waals surface area contributed by atoms with Gasteiger partial charge in [-0.25, -0.2) is 0 Å². The van der Waals surface area contributed by atoms with Crippen LogP contribution in [0.3, 0.4) is 0 Å². The van der Waals surface area contributed by atoms with E-state index in [1.165, 1.54) is 16.7 Å². The lowest BCUT2D eigenvalue weighted by Gasteiger charge is -2.37. The quantitative estimate of drug-likeness (QED) is 0.895. The minimum Gasteiger partial charge on any atom is -0.349 e. The van der Waals surface area contributed by atoms with E-state index in [-0.39, 0.29) is 23.4 Å². The Labute approximate surface area is 128 Å². The molecule has 1 aliphatic rings. The molecule has 3 heteroatoms. The fraction of sp³-hybridized carbons (Fsp3) is 0.611. The molecule has 3 N–H and O–H groups in total. The molecule has 116 valence electrons. The van der Waals surface area contributed by atoms with Gasteiger partial charge in [0.2, 0.25) is 5.91 Å². The van der Waals surface area contributed by atoms with Gasteiger partial charge >= 0.3 is 0 Å². The SMILES string of the molecule is Cc1ccc(C(C)NC(=O)C2CCCCC2(C)N)c(C)c1. The van der Waals surface area contributed by atoms with Gasteiger partial charge in [-0.3, -0.25) is 4.79 Å². The lowest BCUT2D eigenvalue weighted by Crippen LogP contribution is -2.53. The molecule has 0 heterocycles. The predicted octanol–water partition coefficient (Wildman–Crippen LogP) is 3.39. The van der Waals surface area contributed by atoms with E-state index in [1.54, 1.807) is 0 Å². The summed E-state index contributed by atoms with van der Waals surface area (Å²) in [5, 5.41) is 3.16. The second-order valence-corrected chi connectivity index (χ2v) is 6.89. The average Bonchev–Trinajstić information content (AvgIpc) is 2.37. The minimum atomic E-state index is -0.371. The highest BCUT2D eigenvalue weighted by molar-refractivity contribution is 5.80. The monoisotopic (exact) mass is 288 g/mol. The summed E-state index contributed by atoms with van der Waals surface area (Å²) >= 11 is 0. The van der Waals surface area contributed by atoms with E-state index in [4.69, 9.17) is 5.73 Å². The van der Waals surface area contributed by atoms with E-state index < -0.39 is 0 Å². The van der Waals surface area contributed by atoms with Crippen molar-refractivity contribution in [1.29, 1.82) is 0 Å². The zero-order chi connectivity index (χ0) is 15.6. The first-order chi connectivity index (χ1) is 9.81. The van der Waals surface area contributed by atoms with Crippen molar-refractivity contribution >= 4 is 5.91 Å². The Kier molecular flexibility index (Phi) is 4.72. The number of amides is 1. The second-order valence-electron chi connectivity index (χ2n) is 6.89. The number of hydrogen-bond donors (Lipinski definition) is 2. The number of nitrogens with one attached hydrogen (secondary N) is 1. The van der Waals surface area contributed by atoms with Gasteiger partial charge in [0.1, 0.15) is 0 Å². The highest BCUT2D eigenvalue weighted by Gasteiger charge is 2.38. The smallest absolute Gasteiger partial charge is 0.225 e. The van der Waals surface area contributed by atoms with E-state index in [1.807, 2.05) is 13.8 Å². The van der Waals surface area contributed by atoms with Gasteiger partial charge in [-0.15, -0.1) is 0 Å². The molecule has 3 nitrogen and oxygen atoms in total. The number of nitrogens with two attached hydrogens (primary N) is 1. The van der Waals surface area contributed by atoms with Crippen molar-refractivity contribution in [3.05, 3.63) is 34.9 Å². The van der Waals surface area contributed by atoms with Gasteiger partial charge in [0, 0.05) is 5.54 Å². The second kappa shape index (κ2) is 6.18. The highest BCUT2D eigenvalue weighted by Crippen LogP contribution is 2.32. The Morgan fingerprint density at radius 1 is 1.38 bits per heavy atom. The summed E-state index contributed by atoms with van der Waals surface area (Å²) in [5.41, 5.74) is 9.61. The van der Waals surface area contributed by atoms with Gasteiger partial charge in [0.25, 0.3) is 0 Å². The number of carbonyl (C=O) groups excluding carboxylic acids is 1. The summed E-state index contributed by atoms with van der Waals surface area (Å²) in [6.07, 6.45) is 4.06. The summed E-state index contributed by atoms with van der Waals surface area (Å²) in [5.74, 6) is 0.0339. The van der Waals surface area contributed by atoms with Gasteiger partial charge in [-0.05, 0) is 51.7 Å². The fourth-order valence-corrected chi connectivity index (χ4v) is 3.49. The van der Waals surface area contributed by atoms with Crippen LogP contribution < -0.4 is 11.1 Å². The molecule has 2 rings (SSSR count). The van der Waals surface area contributed by atoms with E-state index in [9.17, 15) is 4.79 Å². The van der Waals surface area contributed by atoms with Gasteiger partial charge in [-0.2, -0.15) is 0 Å². The Morgan fingerprint density at radius 2 is 2.10 bits per heavy atom. The lowest BCUT2D eigenvalue weighted by molar-refractivity contribution is -0.128. The van der Waals surface area contributed by atoms with Crippen molar-refractivity contribution in [2.75, 3.05) is 0 Å². The number of carbonyl (C=O) groups is 1. The fourth-order valence-electron chi connectivity index (χ4n) is 3.49. The van der Waals surface area contributed by atoms with E-state index in [0.717, 1.165) is 25.7 Å². The molecule has 21 heavy (non-hydrogen) atoms. The van der Waals surface area contributed by atoms with Crippen LogP contribution in [0.2, 0.25) is 0 Å². The summed E-state index contributed by atoms with van der Waals surface area (Å²) in [6, 6.07) is 6.39. The number of aryl methyl sites for hydroxylation is 2. The van der Waals surface area contributed by atoms with E-state index in [2.05, 4.69) is 37.4 Å². The molecular weight excluding hydrogens is 260 g/mol. The van der Waals surface area contributed by atoms with Crippen LogP contribution in [-0.2, 0) is 4.79 Å². The highest BCUT2D eigenvalue weighted by atomic mass is 16.2. The molecule has 1 aromatic rings. The van der Waals surface area contributed by atoms with Crippen LogP contribution in [0.5, 0.6) is 0 Å². The molecule has 0 aliphatic heterocycles. The van der Waals surface area contributed by atoms with E-state index in [0.29, 0.717) is 0 Å². The maximum absolute atomic E-state index is 12.6. The Balaban J connectivity index is 2.08. The summed E-state index contributed by atoms with van der Waals surface area (Å²) in [6.45, 7) is 8.24. The first-order valence-corrected chi connectivity index (χ1v) is 7.97. The molecule has 1 amide bonds. The topological polar surface area (TPSA) is 55.1 Å². The first kappa shape index (κ1) is 16.0. The molecule has 1 fully saturated rings. The van der Waals surface area contributed by atoms with Crippen LogP contribution in [0.15, 0.2) is 18.2 Å². The molecular formula is C18H28N2O. The van der Waals surface area contributed by atoms with Crippen molar-refractivity contribution in [3.63, 3.8) is 0 Å². The van der Waals surface area contributed by atoms with E-state index >= 15 is 0 Å². The van der Waals surface area contributed by atoms with Crippen molar-refractivity contribution in [2.24, 2.45) is 11.7 Å². The van der Waals surface area contributed by atoms with Crippen LogP contribution in [0, 0.1) is 19.8 Å². The third kappa shape index (κ3) is 3.65. The maximum Gasteiger partial charge on any atom is 0.225 e. The predicted molar refractivity (Wildman–Crippen MR) is 87.0 cm³/mol. The largest absolute Gasteiger partial charge is 0.349 e. The van der Waals surface area contributed by atoms with Crippen molar-refractivity contribution < 1.29 is 4.79 Å². The molecule has 0 saturated heterocycles. The molecule has 1 aromatic carbocycles. The first-order valence-electron chi connectivity index (χ1n) is 7.97. The van der Waals surface area contributed by atoms with Crippen molar-refractivity contribution in [3.8, 4) is 0 Å².